The maximum Gasteiger partial charge on any atom is 0.184 e. The van der Waals surface area contributed by atoms with Gasteiger partial charge in [0.05, 0.1) is 25.2 Å². The molecule has 5 heteroatoms. The minimum atomic E-state index is -0.992. The highest BCUT2D eigenvalue weighted by Crippen LogP contribution is 2.26. The number of alkyl halides is 1. The van der Waals surface area contributed by atoms with Gasteiger partial charge in [-0.25, -0.2) is 0 Å². The van der Waals surface area contributed by atoms with Crippen molar-refractivity contribution < 1.29 is 19.7 Å². The van der Waals surface area contributed by atoms with Crippen LogP contribution >= 0.6 is 11.6 Å². The third-order valence-electron chi connectivity index (χ3n) is 2.67. The van der Waals surface area contributed by atoms with Gasteiger partial charge in [0.25, 0.3) is 0 Å². The highest BCUT2D eigenvalue weighted by molar-refractivity contribution is 6.18. The molecule has 1 fully saturated rings. The van der Waals surface area contributed by atoms with Crippen molar-refractivity contribution in [1.82, 2.24) is 0 Å². The van der Waals surface area contributed by atoms with Crippen LogP contribution in [0.25, 0.3) is 0 Å². The monoisotopic (exact) mass is 258 g/mol. The van der Waals surface area contributed by atoms with Gasteiger partial charge >= 0.3 is 0 Å². The van der Waals surface area contributed by atoms with Gasteiger partial charge in [-0.1, -0.05) is 18.2 Å². The number of aliphatic hydroxyl groups is 2. The molecule has 17 heavy (non-hydrogen) atoms. The fourth-order valence-electron chi connectivity index (χ4n) is 1.75. The smallest absolute Gasteiger partial charge is 0.184 e. The van der Waals surface area contributed by atoms with Crippen molar-refractivity contribution in [3.8, 4) is 0 Å². The Morgan fingerprint density at radius 1 is 1.29 bits per heavy atom. The lowest BCUT2D eigenvalue weighted by Gasteiger charge is -2.17. The highest BCUT2D eigenvalue weighted by Gasteiger charge is 2.21. The predicted molar refractivity (Wildman–Crippen MR) is 62.8 cm³/mol. The number of hydrogen-bond acceptors (Lipinski definition) is 4. The van der Waals surface area contributed by atoms with E-state index in [-0.39, 0.29) is 12.2 Å². The standard InChI is InChI=1S/C12H15ClO4/c13-7-10(14)11(15)8-2-1-3-9(6-8)12-16-4-5-17-12/h1-3,6,10-12,14-15H,4-5,7H2. The fraction of sp³-hybridized carbons (Fsp3) is 0.500. The maximum absolute atomic E-state index is 9.84. The van der Waals surface area contributed by atoms with Gasteiger partial charge in [-0.15, -0.1) is 11.6 Å². The SMILES string of the molecule is OC(CCl)C(O)c1cccc(C2OCCO2)c1. The number of aliphatic hydroxyl groups excluding tert-OH is 2. The topological polar surface area (TPSA) is 58.9 Å². The molecule has 0 aliphatic carbocycles. The number of rotatable bonds is 4. The lowest BCUT2D eigenvalue weighted by Crippen LogP contribution is -2.19. The summed E-state index contributed by atoms with van der Waals surface area (Å²) >= 11 is 5.50. The molecular formula is C12H15ClO4. The van der Waals surface area contributed by atoms with Gasteiger partial charge in [0.2, 0.25) is 0 Å². The van der Waals surface area contributed by atoms with E-state index in [1.165, 1.54) is 0 Å². The summed E-state index contributed by atoms with van der Waals surface area (Å²) in [5.41, 5.74) is 1.44. The quantitative estimate of drug-likeness (QED) is 0.801. The molecule has 2 N–H and O–H groups in total. The number of halogens is 1. The summed E-state index contributed by atoms with van der Waals surface area (Å²) in [4.78, 5) is 0. The van der Waals surface area contributed by atoms with E-state index in [0.717, 1.165) is 5.56 Å². The third-order valence-corrected chi connectivity index (χ3v) is 2.98. The van der Waals surface area contributed by atoms with Crippen molar-refractivity contribution >= 4 is 11.6 Å². The molecular weight excluding hydrogens is 244 g/mol. The molecule has 0 saturated carbocycles. The van der Waals surface area contributed by atoms with Crippen LogP contribution in [0.5, 0.6) is 0 Å². The van der Waals surface area contributed by atoms with Crippen molar-refractivity contribution in [2.45, 2.75) is 18.5 Å². The van der Waals surface area contributed by atoms with Crippen molar-refractivity contribution in [3.05, 3.63) is 35.4 Å². The molecule has 0 aromatic heterocycles. The molecule has 1 heterocycles. The van der Waals surface area contributed by atoms with Crippen molar-refractivity contribution in [2.75, 3.05) is 19.1 Å². The van der Waals surface area contributed by atoms with Crippen LogP contribution in [0.4, 0.5) is 0 Å². The Bertz CT molecular complexity index is 365. The van der Waals surface area contributed by atoms with Crippen LogP contribution in [-0.4, -0.2) is 35.4 Å². The Morgan fingerprint density at radius 2 is 2.00 bits per heavy atom. The summed E-state index contributed by atoms with van der Waals surface area (Å²) in [6, 6.07) is 7.15. The zero-order valence-corrected chi connectivity index (χ0v) is 10.0. The van der Waals surface area contributed by atoms with Gasteiger partial charge < -0.3 is 19.7 Å². The zero-order valence-electron chi connectivity index (χ0n) is 9.25. The maximum atomic E-state index is 9.84. The van der Waals surface area contributed by atoms with E-state index in [4.69, 9.17) is 21.1 Å². The van der Waals surface area contributed by atoms with E-state index in [1.807, 2.05) is 6.07 Å². The Morgan fingerprint density at radius 3 is 2.65 bits per heavy atom. The van der Waals surface area contributed by atoms with E-state index >= 15 is 0 Å². The number of hydrogen-bond donors (Lipinski definition) is 2. The predicted octanol–water partition coefficient (Wildman–Crippen LogP) is 1.37. The Balaban J connectivity index is 2.15. The molecule has 2 rings (SSSR count). The molecule has 1 aliphatic heterocycles. The van der Waals surface area contributed by atoms with Crippen molar-refractivity contribution in [2.24, 2.45) is 0 Å². The van der Waals surface area contributed by atoms with Gasteiger partial charge in [0.15, 0.2) is 6.29 Å². The lowest BCUT2D eigenvalue weighted by molar-refractivity contribution is -0.0444. The molecule has 2 atom stereocenters. The summed E-state index contributed by atoms with van der Waals surface area (Å²) in [5, 5.41) is 19.3. The van der Waals surface area contributed by atoms with Gasteiger partial charge in [-0.05, 0) is 11.6 Å². The van der Waals surface area contributed by atoms with E-state index in [1.54, 1.807) is 18.2 Å². The molecule has 1 aliphatic rings. The van der Waals surface area contributed by atoms with Crippen molar-refractivity contribution in [1.29, 1.82) is 0 Å². The second-order valence-corrected chi connectivity index (χ2v) is 4.22. The first-order chi connectivity index (χ1) is 8.22. The molecule has 0 radical (unpaired) electrons. The van der Waals surface area contributed by atoms with Crippen LogP contribution in [0.3, 0.4) is 0 Å². The van der Waals surface area contributed by atoms with Crippen LogP contribution < -0.4 is 0 Å². The first-order valence-corrected chi connectivity index (χ1v) is 6.01. The van der Waals surface area contributed by atoms with Crippen LogP contribution in [0.1, 0.15) is 23.5 Å². The first-order valence-electron chi connectivity index (χ1n) is 5.47. The molecule has 0 spiro atoms. The largest absolute Gasteiger partial charge is 0.389 e. The molecule has 4 nitrogen and oxygen atoms in total. The molecule has 1 aromatic carbocycles. The van der Waals surface area contributed by atoms with Crippen molar-refractivity contribution in [3.63, 3.8) is 0 Å². The van der Waals surface area contributed by atoms with Gasteiger partial charge in [-0.2, -0.15) is 0 Å². The molecule has 1 aromatic rings. The second kappa shape index (κ2) is 5.80. The van der Waals surface area contributed by atoms with Crippen LogP contribution in [-0.2, 0) is 9.47 Å². The molecule has 2 unspecified atom stereocenters. The van der Waals surface area contributed by atoms with E-state index < -0.39 is 12.2 Å². The molecule has 1 saturated heterocycles. The van der Waals surface area contributed by atoms with Gasteiger partial charge in [0.1, 0.15) is 6.10 Å². The number of ether oxygens (including phenoxy) is 2. The third kappa shape index (κ3) is 2.97. The summed E-state index contributed by atoms with van der Waals surface area (Å²) in [6.45, 7) is 1.14. The average Bonchev–Trinajstić information content (AvgIpc) is 2.91. The highest BCUT2D eigenvalue weighted by atomic mass is 35.5. The Hall–Kier alpha value is -0.650. The van der Waals surface area contributed by atoms with E-state index in [2.05, 4.69) is 0 Å². The van der Waals surface area contributed by atoms with Crippen LogP contribution in [0.15, 0.2) is 24.3 Å². The van der Waals surface area contributed by atoms with E-state index in [9.17, 15) is 10.2 Å². The summed E-state index contributed by atoms with van der Waals surface area (Å²) < 4.78 is 10.7. The normalized spacial score (nSPS) is 20.4. The Kier molecular flexibility index (Phi) is 4.36. The zero-order chi connectivity index (χ0) is 12.3. The van der Waals surface area contributed by atoms with Gasteiger partial charge in [0, 0.05) is 5.56 Å². The minimum Gasteiger partial charge on any atom is -0.389 e. The molecule has 0 amide bonds. The second-order valence-electron chi connectivity index (χ2n) is 3.91. The summed E-state index contributed by atoms with van der Waals surface area (Å²) in [7, 11) is 0. The van der Waals surface area contributed by atoms with Gasteiger partial charge in [-0.3, -0.25) is 0 Å². The van der Waals surface area contributed by atoms with Crippen LogP contribution in [0, 0.1) is 0 Å². The summed E-state index contributed by atoms with van der Waals surface area (Å²) in [6.07, 6.45) is -2.35. The average molecular weight is 259 g/mol. The van der Waals surface area contributed by atoms with Crippen LogP contribution in [0.2, 0.25) is 0 Å². The number of benzene rings is 1. The molecule has 94 valence electrons. The fourth-order valence-corrected chi connectivity index (χ4v) is 1.92. The summed E-state index contributed by atoms with van der Waals surface area (Å²) in [5.74, 6) is -0.0121. The first kappa shape index (κ1) is 12.8. The lowest BCUT2D eigenvalue weighted by atomic mass is 10.0. The Labute approximate surface area is 105 Å². The van der Waals surface area contributed by atoms with E-state index in [0.29, 0.717) is 18.8 Å². The molecule has 0 bridgehead atoms. The minimum absolute atomic E-state index is 0.0121.